The van der Waals surface area contributed by atoms with Gasteiger partial charge in [0.25, 0.3) is 5.91 Å². The molecule has 2 aromatic carbocycles. The summed E-state index contributed by atoms with van der Waals surface area (Å²) in [7, 11) is 1.95. The summed E-state index contributed by atoms with van der Waals surface area (Å²) in [6.45, 7) is 5.09. The molecule has 5 rings (SSSR count). The van der Waals surface area contributed by atoms with Gasteiger partial charge in [-0.25, -0.2) is 4.98 Å². The monoisotopic (exact) mass is 486 g/mol. The van der Waals surface area contributed by atoms with Crippen LogP contribution in [0.2, 0.25) is 0 Å². The molecule has 3 heterocycles. The molecule has 8 heteroatoms. The molecule has 2 aliphatic rings. The fourth-order valence-corrected chi connectivity index (χ4v) is 5.08. The van der Waals surface area contributed by atoms with E-state index in [4.69, 9.17) is 9.72 Å². The van der Waals surface area contributed by atoms with E-state index in [1.54, 1.807) is 6.20 Å². The third-order valence-electron chi connectivity index (χ3n) is 6.86. The lowest BCUT2D eigenvalue weighted by Gasteiger charge is -2.27. The first-order valence-corrected chi connectivity index (χ1v) is 12.8. The average molecular weight is 487 g/mol. The Morgan fingerprint density at radius 2 is 2.03 bits per heavy atom. The van der Waals surface area contributed by atoms with Crippen LogP contribution in [0.15, 0.2) is 60.8 Å². The molecular formula is C28H34N6O2. The molecule has 1 aromatic heterocycles. The van der Waals surface area contributed by atoms with E-state index in [0.29, 0.717) is 18.1 Å². The predicted molar refractivity (Wildman–Crippen MR) is 143 cm³/mol. The van der Waals surface area contributed by atoms with Crippen molar-refractivity contribution < 1.29 is 9.53 Å². The molecule has 1 amide bonds. The van der Waals surface area contributed by atoms with Crippen LogP contribution in [0.4, 0.5) is 17.5 Å². The zero-order valence-electron chi connectivity index (χ0n) is 21.0. The van der Waals surface area contributed by atoms with E-state index in [-0.39, 0.29) is 18.1 Å². The van der Waals surface area contributed by atoms with Crippen LogP contribution < -0.4 is 25.2 Å². The second-order valence-electron chi connectivity index (χ2n) is 9.27. The number of nitrogens with zero attached hydrogens (tertiary/aromatic N) is 4. The molecule has 0 aliphatic carbocycles. The van der Waals surface area contributed by atoms with Gasteiger partial charge in [-0.05, 0) is 51.1 Å². The molecular weight excluding hydrogens is 452 g/mol. The van der Waals surface area contributed by atoms with E-state index >= 15 is 0 Å². The van der Waals surface area contributed by atoms with Gasteiger partial charge < -0.3 is 25.2 Å². The molecule has 0 spiro atoms. The van der Waals surface area contributed by atoms with Gasteiger partial charge in [0.15, 0.2) is 0 Å². The fraction of sp³-hybridized carbons (Fsp3) is 0.393. The third-order valence-corrected chi connectivity index (χ3v) is 6.86. The van der Waals surface area contributed by atoms with Crippen molar-refractivity contribution in [3.63, 3.8) is 0 Å². The van der Waals surface area contributed by atoms with Crippen molar-refractivity contribution in [1.29, 1.82) is 0 Å². The number of ether oxygens (including phenoxy) is 1. The Kier molecular flexibility index (Phi) is 7.32. The van der Waals surface area contributed by atoms with Gasteiger partial charge in [-0.2, -0.15) is 4.98 Å². The summed E-state index contributed by atoms with van der Waals surface area (Å²) in [6.07, 6.45) is 4.53. The first-order chi connectivity index (χ1) is 17.7. The highest BCUT2D eigenvalue weighted by Gasteiger charge is 2.37. The Morgan fingerprint density at radius 1 is 1.17 bits per heavy atom. The van der Waals surface area contributed by atoms with Gasteiger partial charge in [-0.3, -0.25) is 4.79 Å². The van der Waals surface area contributed by atoms with Crippen LogP contribution in [0.5, 0.6) is 5.75 Å². The lowest BCUT2D eigenvalue weighted by molar-refractivity contribution is 0.0988. The summed E-state index contributed by atoms with van der Waals surface area (Å²) in [5.41, 5.74) is 2.50. The molecule has 1 unspecified atom stereocenters. The topological polar surface area (TPSA) is 82.6 Å². The average Bonchev–Trinajstić information content (AvgIpc) is 3.34. The van der Waals surface area contributed by atoms with Gasteiger partial charge >= 0.3 is 0 Å². The Morgan fingerprint density at radius 3 is 2.83 bits per heavy atom. The highest BCUT2D eigenvalue weighted by molar-refractivity contribution is 6.10. The summed E-state index contributed by atoms with van der Waals surface area (Å²) in [5, 5.41) is 6.39. The summed E-state index contributed by atoms with van der Waals surface area (Å²) in [6, 6.07) is 18.4. The molecule has 0 bridgehead atoms. The van der Waals surface area contributed by atoms with Crippen LogP contribution in [0.25, 0.3) is 0 Å². The first-order valence-electron chi connectivity index (χ1n) is 12.8. The number of fused-ring (bicyclic) bond motifs is 3. The molecule has 3 aromatic rings. The van der Waals surface area contributed by atoms with Crippen LogP contribution in [0.1, 0.15) is 48.2 Å². The first kappa shape index (κ1) is 24.1. The van der Waals surface area contributed by atoms with E-state index in [2.05, 4.69) is 32.7 Å². The summed E-state index contributed by atoms with van der Waals surface area (Å²) < 4.78 is 6.48. The van der Waals surface area contributed by atoms with Crippen LogP contribution in [-0.4, -0.2) is 55.1 Å². The molecule has 2 atom stereocenters. The van der Waals surface area contributed by atoms with Crippen molar-refractivity contribution in [2.24, 2.45) is 0 Å². The maximum atomic E-state index is 13.8. The van der Waals surface area contributed by atoms with Gasteiger partial charge in [0.05, 0.1) is 0 Å². The van der Waals surface area contributed by atoms with E-state index in [1.165, 1.54) is 0 Å². The quantitative estimate of drug-likeness (QED) is 0.467. The third kappa shape index (κ3) is 4.99. The molecule has 2 N–H and O–H groups in total. The Hall–Kier alpha value is -3.65. The standard InChI is InChI=1S/C28H34N6O2/c1-3-30-28-31-18-24-26(32-28)33-16-8-12-22(33)19-34(27(24)35)21-11-7-13-23(17-21)36-25(14-15-29-2)20-9-5-4-6-10-20/h4-7,9-11,13,17-18,22,25,29H,3,8,12,14-16,19H2,1-2H3,(H,30,31,32)/t22-,25?/m1/s1. The summed E-state index contributed by atoms with van der Waals surface area (Å²) in [5.74, 6) is 1.97. The Balaban J connectivity index is 1.45. The second kappa shape index (κ2) is 11.0. The molecule has 188 valence electrons. The number of anilines is 3. The highest BCUT2D eigenvalue weighted by Crippen LogP contribution is 2.35. The Bertz CT molecular complexity index is 1190. The number of hydrogen-bond acceptors (Lipinski definition) is 7. The van der Waals surface area contributed by atoms with Gasteiger partial charge in [-0.15, -0.1) is 0 Å². The molecule has 0 radical (unpaired) electrons. The molecule has 1 fully saturated rings. The van der Waals surface area contributed by atoms with E-state index < -0.39 is 0 Å². The smallest absolute Gasteiger partial charge is 0.263 e. The largest absolute Gasteiger partial charge is 0.486 e. The lowest BCUT2D eigenvalue weighted by Crippen LogP contribution is -2.39. The molecule has 2 aliphatic heterocycles. The number of aromatic nitrogens is 2. The van der Waals surface area contributed by atoms with Crippen molar-refractivity contribution in [2.75, 3.05) is 48.3 Å². The number of amides is 1. The molecule has 1 saturated heterocycles. The van der Waals surface area contributed by atoms with Crippen molar-refractivity contribution >= 4 is 23.4 Å². The van der Waals surface area contributed by atoms with Crippen LogP contribution in [-0.2, 0) is 0 Å². The SMILES string of the molecule is CCNc1ncc2c(n1)N1CCC[C@@H]1CN(c1cccc(OC(CCNC)c3ccccc3)c1)C2=O. The minimum atomic E-state index is -0.0855. The van der Waals surface area contributed by atoms with Crippen molar-refractivity contribution in [1.82, 2.24) is 15.3 Å². The Labute approximate surface area is 212 Å². The lowest BCUT2D eigenvalue weighted by atomic mass is 10.1. The second-order valence-corrected chi connectivity index (χ2v) is 9.27. The van der Waals surface area contributed by atoms with Crippen molar-refractivity contribution in [3.05, 3.63) is 71.9 Å². The number of benzene rings is 2. The van der Waals surface area contributed by atoms with Crippen LogP contribution in [0, 0.1) is 0 Å². The normalized spacial score (nSPS) is 17.8. The summed E-state index contributed by atoms with van der Waals surface area (Å²) in [4.78, 5) is 27.1. The molecule has 0 saturated carbocycles. The zero-order valence-corrected chi connectivity index (χ0v) is 21.0. The number of carbonyl (C=O) groups is 1. The van der Waals surface area contributed by atoms with Gasteiger partial charge in [0.1, 0.15) is 23.2 Å². The van der Waals surface area contributed by atoms with Crippen molar-refractivity contribution in [3.8, 4) is 5.75 Å². The van der Waals surface area contributed by atoms with Crippen molar-refractivity contribution in [2.45, 2.75) is 38.3 Å². The maximum Gasteiger partial charge on any atom is 0.263 e. The molecule has 36 heavy (non-hydrogen) atoms. The zero-order chi connectivity index (χ0) is 24.9. The van der Waals surface area contributed by atoms with Gasteiger partial charge in [-0.1, -0.05) is 36.4 Å². The summed E-state index contributed by atoms with van der Waals surface area (Å²) >= 11 is 0. The van der Waals surface area contributed by atoms with E-state index in [9.17, 15) is 4.79 Å². The number of carbonyl (C=O) groups excluding carboxylic acids is 1. The number of rotatable bonds is 9. The fourth-order valence-electron chi connectivity index (χ4n) is 5.08. The minimum Gasteiger partial charge on any atom is -0.486 e. The molecule has 8 nitrogen and oxygen atoms in total. The van der Waals surface area contributed by atoms with Gasteiger partial charge in [0, 0.05) is 50.0 Å². The number of hydrogen-bond donors (Lipinski definition) is 2. The number of nitrogens with one attached hydrogen (secondary N) is 2. The van der Waals surface area contributed by atoms with Gasteiger partial charge in [0.2, 0.25) is 5.95 Å². The predicted octanol–water partition coefficient (Wildman–Crippen LogP) is 4.27. The highest BCUT2D eigenvalue weighted by atomic mass is 16.5. The minimum absolute atomic E-state index is 0.0746. The van der Waals surface area contributed by atoms with Crippen LogP contribution in [0.3, 0.4) is 0 Å². The van der Waals surface area contributed by atoms with E-state index in [1.807, 2.05) is 61.3 Å². The maximum absolute atomic E-state index is 13.8. The van der Waals surface area contributed by atoms with Crippen LogP contribution >= 0.6 is 0 Å². The van der Waals surface area contributed by atoms with E-state index in [0.717, 1.165) is 61.7 Å².